The molecule has 1 fully saturated rings. The van der Waals surface area contributed by atoms with Gasteiger partial charge in [0.1, 0.15) is 16.5 Å². The number of nitrogens with zero attached hydrogens (tertiary/aromatic N) is 3. The molecule has 0 saturated carbocycles. The van der Waals surface area contributed by atoms with Crippen molar-refractivity contribution in [1.82, 2.24) is 10.2 Å². The highest BCUT2D eigenvalue weighted by atomic mass is 32.1. The van der Waals surface area contributed by atoms with E-state index in [4.69, 9.17) is 9.47 Å². The molecule has 1 unspecified atom stereocenters. The number of hydrogen-bond acceptors (Lipinski definition) is 7. The number of hydrogen-bond donors (Lipinski definition) is 1. The number of para-hydroxylation sites is 1. The summed E-state index contributed by atoms with van der Waals surface area (Å²) in [4.78, 5) is 26.9. The maximum absolute atomic E-state index is 12.7. The van der Waals surface area contributed by atoms with Crippen LogP contribution >= 0.6 is 11.3 Å². The van der Waals surface area contributed by atoms with E-state index in [0.29, 0.717) is 35.2 Å². The van der Waals surface area contributed by atoms with Crippen LogP contribution in [-0.4, -0.2) is 42.8 Å². The highest BCUT2D eigenvalue weighted by Crippen LogP contribution is 2.34. The van der Waals surface area contributed by atoms with E-state index in [0.717, 1.165) is 10.7 Å². The first-order valence-electron chi connectivity index (χ1n) is 9.31. The molecule has 1 saturated heterocycles. The Hall–Kier alpha value is -3.46. The molecule has 154 valence electrons. The molecule has 2 aromatic carbocycles. The van der Waals surface area contributed by atoms with E-state index in [1.54, 1.807) is 30.2 Å². The second-order valence-corrected chi connectivity index (χ2v) is 7.72. The summed E-state index contributed by atoms with van der Waals surface area (Å²) in [6.45, 7) is 0.539. The lowest BCUT2D eigenvalue weighted by Crippen LogP contribution is -2.24. The molecule has 8 nitrogen and oxygen atoms in total. The van der Waals surface area contributed by atoms with E-state index in [2.05, 4.69) is 15.5 Å². The summed E-state index contributed by atoms with van der Waals surface area (Å²) in [7, 11) is 3.04. The standard InChI is InChI=1S/C21H20N4O4S/c1-28-15-8-9-16(17(11-15)29-2)19(27)22-21-24-23-20(30-21)13-10-18(26)25(12-13)14-6-4-3-5-7-14/h3-9,11,13H,10,12H2,1-2H3,(H,22,24,27). The van der Waals surface area contributed by atoms with Gasteiger partial charge in [-0.1, -0.05) is 29.5 Å². The summed E-state index contributed by atoms with van der Waals surface area (Å²) in [6, 6.07) is 14.5. The Labute approximate surface area is 177 Å². The molecule has 3 aromatic rings. The van der Waals surface area contributed by atoms with Crippen molar-refractivity contribution >= 4 is 34.0 Å². The van der Waals surface area contributed by atoms with Crippen molar-refractivity contribution in [3.8, 4) is 11.5 Å². The number of nitrogens with one attached hydrogen (secondary N) is 1. The smallest absolute Gasteiger partial charge is 0.261 e. The van der Waals surface area contributed by atoms with Crippen LogP contribution in [-0.2, 0) is 4.79 Å². The van der Waals surface area contributed by atoms with Gasteiger partial charge in [0, 0.05) is 30.6 Å². The molecule has 30 heavy (non-hydrogen) atoms. The third-order valence-corrected chi connectivity index (χ3v) is 5.86. The fourth-order valence-corrected chi connectivity index (χ4v) is 4.16. The third kappa shape index (κ3) is 3.97. The Morgan fingerprint density at radius 1 is 1.13 bits per heavy atom. The molecule has 0 aliphatic carbocycles. The van der Waals surface area contributed by atoms with Gasteiger partial charge in [0.05, 0.1) is 19.8 Å². The highest BCUT2D eigenvalue weighted by Gasteiger charge is 2.34. The number of ether oxygens (including phenoxy) is 2. The van der Waals surface area contributed by atoms with Crippen molar-refractivity contribution in [2.75, 3.05) is 31.0 Å². The van der Waals surface area contributed by atoms with Crippen molar-refractivity contribution in [1.29, 1.82) is 0 Å². The number of rotatable bonds is 6. The van der Waals surface area contributed by atoms with Gasteiger partial charge in [-0.05, 0) is 24.3 Å². The van der Waals surface area contributed by atoms with Gasteiger partial charge in [-0.3, -0.25) is 14.9 Å². The number of methoxy groups -OCH3 is 2. The first-order valence-corrected chi connectivity index (χ1v) is 10.1. The van der Waals surface area contributed by atoms with Gasteiger partial charge in [-0.15, -0.1) is 10.2 Å². The molecule has 0 bridgehead atoms. The van der Waals surface area contributed by atoms with Crippen LogP contribution in [0.25, 0.3) is 0 Å². The Balaban J connectivity index is 1.46. The second kappa shape index (κ2) is 8.50. The van der Waals surface area contributed by atoms with Crippen LogP contribution in [0.1, 0.15) is 27.7 Å². The molecule has 1 atom stereocenters. The van der Waals surface area contributed by atoms with Gasteiger partial charge in [0.15, 0.2) is 0 Å². The fourth-order valence-electron chi connectivity index (χ4n) is 3.33. The van der Waals surface area contributed by atoms with Crippen LogP contribution in [0.5, 0.6) is 11.5 Å². The number of carbonyl (C=O) groups excluding carboxylic acids is 2. The second-order valence-electron chi connectivity index (χ2n) is 6.71. The van der Waals surface area contributed by atoms with E-state index in [-0.39, 0.29) is 17.7 Å². The van der Waals surface area contributed by atoms with Crippen molar-refractivity contribution in [3.05, 3.63) is 59.1 Å². The quantitative estimate of drug-likeness (QED) is 0.652. The van der Waals surface area contributed by atoms with Crippen molar-refractivity contribution in [2.45, 2.75) is 12.3 Å². The number of anilines is 2. The minimum Gasteiger partial charge on any atom is -0.497 e. The summed E-state index contributed by atoms with van der Waals surface area (Å²) >= 11 is 1.27. The van der Waals surface area contributed by atoms with Crippen molar-refractivity contribution in [2.24, 2.45) is 0 Å². The zero-order valence-electron chi connectivity index (χ0n) is 16.5. The first kappa shape index (κ1) is 19.8. The molecular formula is C21H20N4O4S. The van der Waals surface area contributed by atoms with Gasteiger partial charge < -0.3 is 14.4 Å². The SMILES string of the molecule is COc1ccc(C(=O)Nc2nnc(C3CC(=O)N(c4ccccc4)C3)s2)c(OC)c1. The first-order chi connectivity index (χ1) is 14.6. The predicted molar refractivity (Wildman–Crippen MR) is 114 cm³/mol. The summed E-state index contributed by atoms with van der Waals surface area (Å²) in [5.41, 5.74) is 1.23. The summed E-state index contributed by atoms with van der Waals surface area (Å²) in [5, 5.41) is 12.1. The molecule has 2 heterocycles. The van der Waals surface area contributed by atoms with Crippen LogP contribution < -0.4 is 19.7 Å². The lowest BCUT2D eigenvalue weighted by Gasteiger charge is -2.15. The van der Waals surface area contributed by atoms with Gasteiger partial charge in [0.25, 0.3) is 5.91 Å². The molecule has 1 aliphatic rings. The van der Waals surface area contributed by atoms with Crippen molar-refractivity contribution in [3.63, 3.8) is 0 Å². The molecule has 0 spiro atoms. The van der Waals surface area contributed by atoms with E-state index in [9.17, 15) is 9.59 Å². The average Bonchev–Trinajstić information content (AvgIpc) is 3.40. The molecular weight excluding hydrogens is 404 g/mol. The van der Waals surface area contributed by atoms with Crippen LogP contribution in [0.2, 0.25) is 0 Å². The van der Waals surface area contributed by atoms with E-state index in [1.807, 2.05) is 30.3 Å². The molecule has 2 amide bonds. The summed E-state index contributed by atoms with van der Waals surface area (Å²) < 4.78 is 10.4. The molecule has 0 radical (unpaired) electrons. The maximum atomic E-state index is 12.7. The predicted octanol–water partition coefficient (Wildman–Crippen LogP) is 3.33. The molecule has 1 aromatic heterocycles. The van der Waals surface area contributed by atoms with Crippen molar-refractivity contribution < 1.29 is 19.1 Å². The summed E-state index contributed by atoms with van der Waals surface area (Å²) in [5.74, 6) is 0.629. The zero-order valence-corrected chi connectivity index (χ0v) is 17.3. The lowest BCUT2D eigenvalue weighted by molar-refractivity contribution is -0.117. The van der Waals surface area contributed by atoms with Crippen LogP contribution in [0, 0.1) is 0 Å². The minimum absolute atomic E-state index is 0.0509. The van der Waals surface area contributed by atoms with Gasteiger partial charge in [0.2, 0.25) is 11.0 Å². The number of aromatic nitrogens is 2. The Morgan fingerprint density at radius 2 is 1.93 bits per heavy atom. The Kier molecular flexibility index (Phi) is 5.62. The number of benzene rings is 2. The van der Waals surface area contributed by atoms with E-state index in [1.165, 1.54) is 18.4 Å². The van der Waals surface area contributed by atoms with Crippen LogP contribution in [0.3, 0.4) is 0 Å². The molecule has 9 heteroatoms. The van der Waals surface area contributed by atoms with E-state index >= 15 is 0 Å². The Bertz CT molecular complexity index is 1070. The van der Waals surface area contributed by atoms with Gasteiger partial charge >= 0.3 is 0 Å². The third-order valence-electron chi connectivity index (χ3n) is 4.86. The average molecular weight is 424 g/mol. The maximum Gasteiger partial charge on any atom is 0.261 e. The van der Waals surface area contributed by atoms with Gasteiger partial charge in [-0.25, -0.2) is 0 Å². The molecule has 1 aliphatic heterocycles. The van der Waals surface area contributed by atoms with Crippen LogP contribution in [0.4, 0.5) is 10.8 Å². The molecule has 4 rings (SSSR count). The number of carbonyl (C=O) groups is 2. The normalized spacial score (nSPS) is 15.9. The fraction of sp³-hybridized carbons (Fsp3) is 0.238. The Morgan fingerprint density at radius 3 is 2.67 bits per heavy atom. The van der Waals surface area contributed by atoms with Gasteiger partial charge in [-0.2, -0.15) is 0 Å². The minimum atomic E-state index is -0.356. The molecule has 1 N–H and O–H groups in total. The topological polar surface area (TPSA) is 93.7 Å². The van der Waals surface area contributed by atoms with Crippen LogP contribution in [0.15, 0.2) is 48.5 Å². The lowest BCUT2D eigenvalue weighted by atomic mass is 10.1. The number of amides is 2. The largest absolute Gasteiger partial charge is 0.497 e. The van der Waals surface area contributed by atoms with E-state index < -0.39 is 0 Å². The summed E-state index contributed by atoms with van der Waals surface area (Å²) in [6.07, 6.45) is 0.365. The monoisotopic (exact) mass is 424 g/mol. The zero-order chi connectivity index (χ0) is 21.1. The highest BCUT2D eigenvalue weighted by molar-refractivity contribution is 7.15.